The molecule has 24 heavy (non-hydrogen) atoms. The first kappa shape index (κ1) is 20.6. The van der Waals surface area contributed by atoms with Gasteiger partial charge in [-0.3, -0.25) is 4.79 Å². The highest BCUT2D eigenvalue weighted by molar-refractivity contribution is 5.78. The van der Waals surface area contributed by atoms with E-state index in [2.05, 4.69) is 5.32 Å². The van der Waals surface area contributed by atoms with Gasteiger partial charge in [0.25, 0.3) is 0 Å². The number of methoxy groups -OCH3 is 1. The summed E-state index contributed by atoms with van der Waals surface area (Å²) in [6.45, 7) is 4.21. The molecule has 0 radical (unpaired) electrons. The number of amides is 1. The van der Waals surface area contributed by atoms with Crippen molar-refractivity contribution in [2.75, 3.05) is 20.3 Å². The van der Waals surface area contributed by atoms with Gasteiger partial charge in [-0.15, -0.1) is 0 Å². The molecule has 10 heteroatoms. The second-order valence-corrected chi connectivity index (χ2v) is 6.29. The Morgan fingerprint density at radius 2 is 1.75 bits per heavy atom. The summed E-state index contributed by atoms with van der Waals surface area (Å²) in [5, 5.41) is 31.3. The fourth-order valence-corrected chi connectivity index (χ4v) is 1.93. The number of hydrogen-bond donors (Lipinski definition) is 4. The van der Waals surface area contributed by atoms with Crippen LogP contribution in [0.1, 0.15) is 20.8 Å². The Morgan fingerprint density at radius 1 is 1.12 bits per heavy atom. The third-order valence-electron chi connectivity index (χ3n) is 3.09. The molecule has 0 aliphatic carbocycles. The maximum atomic E-state index is 11.6. The molecular weight excluding hydrogens is 326 g/mol. The van der Waals surface area contributed by atoms with Crippen LogP contribution in [0.3, 0.4) is 0 Å². The predicted octanol–water partition coefficient (Wildman–Crippen LogP) is -1.49. The zero-order valence-electron chi connectivity index (χ0n) is 14.1. The lowest BCUT2D eigenvalue weighted by Crippen LogP contribution is -2.59. The van der Waals surface area contributed by atoms with Crippen molar-refractivity contribution < 1.29 is 43.9 Å². The smallest absolute Gasteiger partial charge is 0.408 e. The molecule has 0 aromatic carbocycles. The summed E-state index contributed by atoms with van der Waals surface area (Å²) >= 11 is 0. The van der Waals surface area contributed by atoms with Crippen molar-refractivity contribution in [3.8, 4) is 0 Å². The van der Waals surface area contributed by atoms with Gasteiger partial charge in [0.2, 0.25) is 0 Å². The fraction of sp³-hybridized carbons (Fsp3) is 0.857. The van der Waals surface area contributed by atoms with Gasteiger partial charge in [0.1, 0.15) is 43.2 Å². The molecule has 0 unspecified atom stereocenters. The summed E-state index contributed by atoms with van der Waals surface area (Å²) in [7, 11) is 1.26. The SMILES string of the molecule is CO[C@H]1O[C@@H](COC(=O)CNC(=O)OC(C)(C)C)[C@@H](O)[C@H](O)[C@@H]1O. The number of hydrogen-bond acceptors (Lipinski definition) is 9. The normalized spacial score (nSPS) is 30.5. The molecule has 0 aromatic heterocycles. The Labute approximate surface area is 139 Å². The van der Waals surface area contributed by atoms with E-state index in [0.717, 1.165) is 0 Å². The van der Waals surface area contributed by atoms with E-state index in [1.54, 1.807) is 20.8 Å². The third-order valence-corrected chi connectivity index (χ3v) is 3.09. The largest absolute Gasteiger partial charge is 0.461 e. The minimum absolute atomic E-state index is 0.389. The van der Waals surface area contributed by atoms with E-state index in [-0.39, 0.29) is 6.61 Å². The monoisotopic (exact) mass is 351 g/mol. The lowest BCUT2D eigenvalue weighted by atomic mass is 9.99. The zero-order chi connectivity index (χ0) is 18.5. The molecule has 10 nitrogen and oxygen atoms in total. The van der Waals surface area contributed by atoms with Crippen molar-refractivity contribution in [3.05, 3.63) is 0 Å². The molecule has 1 aliphatic rings. The van der Waals surface area contributed by atoms with E-state index in [4.69, 9.17) is 18.9 Å². The topological polar surface area (TPSA) is 144 Å². The average molecular weight is 351 g/mol. The van der Waals surface area contributed by atoms with Gasteiger partial charge in [-0.05, 0) is 20.8 Å². The standard InChI is InChI=1S/C14H25NO9/c1-14(2,3)24-13(20)15-5-8(16)22-6-7-9(17)10(18)11(19)12(21-4)23-7/h7,9-12,17-19H,5-6H2,1-4H3,(H,15,20)/t7-,9+,10-,11-,12-/m0/s1. The third kappa shape index (κ3) is 6.21. The van der Waals surface area contributed by atoms with Crippen LogP contribution >= 0.6 is 0 Å². The van der Waals surface area contributed by atoms with Crippen LogP contribution in [0.5, 0.6) is 0 Å². The molecule has 0 spiro atoms. The van der Waals surface area contributed by atoms with Crippen LogP contribution in [0.25, 0.3) is 0 Å². The van der Waals surface area contributed by atoms with Gasteiger partial charge in [-0.25, -0.2) is 4.79 Å². The molecule has 140 valence electrons. The molecule has 0 saturated carbocycles. The maximum absolute atomic E-state index is 11.6. The van der Waals surface area contributed by atoms with Gasteiger partial charge in [0, 0.05) is 7.11 Å². The molecule has 1 aliphatic heterocycles. The number of aliphatic hydroxyl groups is 3. The summed E-state index contributed by atoms with van der Waals surface area (Å²) in [5.41, 5.74) is -0.694. The Hall–Kier alpha value is -1.46. The van der Waals surface area contributed by atoms with Crippen molar-refractivity contribution in [2.45, 2.75) is 57.1 Å². The van der Waals surface area contributed by atoms with E-state index in [1.165, 1.54) is 7.11 Å². The second kappa shape index (κ2) is 8.58. The van der Waals surface area contributed by atoms with Crippen LogP contribution in [0, 0.1) is 0 Å². The molecule has 1 saturated heterocycles. The van der Waals surface area contributed by atoms with Crippen molar-refractivity contribution in [1.29, 1.82) is 0 Å². The van der Waals surface area contributed by atoms with Crippen LogP contribution in [0.4, 0.5) is 4.79 Å². The van der Waals surface area contributed by atoms with Crippen molar-refractivity contribution >= 4 is 12.1 Å². The summed E-state index contributed by atoms with van der Waals surface area (Å²) in [4.78, 5) is 23.0. The molecule has 1 heterocycles. The molecule has 0 bridgehead atoms. The maximum Gasteiger partial charge on any atom is 0.408 e. The number of nitrogens with one attached hydrogen (secondary N) is 1. The Kier molecular flexibility index (Phi) is 7.36. The van der Waals surface area contributed by atoms with Gasteiger partial charge in [0.15, 0.2) is 6.29 Å². The average Bonchev–Trinajstić information content (AvgIpc) is 2.48. The number of rotatable bonds is 5. The van der Waals surface area contributed by atoms with E-state index < -0.39 is 54.9 Å². The van der Waals surface area contributed by atoms with E-state index >= 15 is 0 Å². The summed E-state index contributed by atoms with van der Waals surface area (Å²) in [5.74, 6) is -0.786. The molecule has 1 fully saturated rings. The Bertz CT molecular complexity index is 434. The van der Waals surface area contributed by atoms with Gasteiger partial charge in [-0.1, -0.05) is 0 Å². The van der Waals surface area contributed by atoms with Crippen molar-refractivity contribution in [3.63, 3.8) is 0 Å². The van der Waals surface area contributed by atoms with E-state index in [9.17, 15) is 24.9 Å². The number of carbonyl (C=O) groups is 2. The van der Waals surface area contributed by atoms with Gasteiger partial charge < -0.3 is 39.6 Å². The molecule has 4 N–H and O–H groups in total. The lowest BCUT2D eigenvalue weighted by Gasteiger charge is -2.39. The molecule has 5 atom stereocenters. The molecule has 1 amide bonds. The quantitative estimate of drug-likeness (QED) is 0.435. The molecule has 0 aromatic rings. The minimum atomic E-state index is -1.51. The van der Waals surface area contributed by atoms with Crippen LogP contribution in [0.2, 0.25) is 0 Å². The van der Waals surface area contributed by atoms with Crippen LogP contribution in [-0.4, -0.2) is 84.0 Å². The zero-order valence-corrected chi connectivity index (χ0v) is 14.1. The van der Waals surface area contributed by atoms with Crippen LogP contribution in [-0.2, 0) is 23.7 Å². The number of carbonyl (C=O) groups excluding carboxylic acids is 2. The summed E-state index contributed by atoms with van der Waals surface area (Å²) < 4.78 is 19.8. The fourth-order valence-electron chi connectivity index (χ4n) is 1.93. The Morgan fingerprint density at radius 3 is 2.29 bits per heavy atom. The molecule has 1 rings (SSSR count). The minimum Gasteiger partial charge on any atom is -0.461 e. The molecular formula is C14H25NO9. The highest BCUT2D eigenvalue weighted by atomic mass is 16.7. The van der Waals surface area contributed by atoms with Crippen molar-refractivity contribution in [2.24, 2.45) is 0 Å². The van der Waals surface area contributed by atoms with E-state index in [0.29, 0.717) is 0 Å². The number of alkyl carbamates (subject to hydrolysis) is 1. The number of aliphatic hydroxyl groups excluding tert-OH is 3. The van der Waals surface area contributed by atoms with Gasteiger partial charge in [-0.2, -0.15) is 0 Å². The van der Waals surface area contributed by atoms with Crippen LogP contribution < -0.4 is 5.32 Å². The number of esters is 1. The van der Waals surface area contributed by atoms with Crippen molar-refractivity contribution in [1.82, 2.24) is 5.32 Å². The summed E-state index contributed by atoms with van der Waals surface area (Å²) in [6, 6.07) is 0. The van der Waals surface area contributed by atoms with Crippen LogP contribution in [0.15, 0.2) is 0 Å². The highest BCUT2D eigenvalue weighted by Crippen LogP contribution is 2.21. The highest BCUT2D eigenvalue weighted by Gasteiger charge is 2.44. The first-order valence-corrected chi connectivity index (χ1v) is 7.40. The van der Waals surface area contributed by atoms with Gasteiger partial charge >= 0.3 is 12.1 Å². The second-order valence-electron chi connectivity index (χ2n) is 6.29. The lowest BCUT2D eigenvalue weighted by molar-refractivity contribution is -0.295. The summed E-state index contributed by atoms with van der Waals surface area (Å²) in [6.07, 6.45) is -7.41. The number of ether oxygens (including phenoxy) is 4. The van der Waals surface area contributed by atoms with E-state index in [1.807, 2.05) is 0 Å². The predicted molar refractivity (Wildman–Crippen MR) is 78.9 cm³/mol. The van der Waals surface area contributed by atoms with Gasteiger partial charge in [0.05, 0.1) is 0 Å². The first-order valence-electron chi connectivity index (χ1n) is 7.40. The first-order chi connectivity index (χ1) is 11.0. The Balaban J connectivity index is 2.39.